The molecule has 0 spiro atoms. The van der Waals surface area contributed by atoms with Crippen LogP contribution in [0.25, 0.3) is 0 Å². The van der Waals surface area contributed by atoms with Crippen LogP contribution < -0.4 is 19.3 Å². The van der Waals surface area contributed by atoms with E-state index in [0.29, 0.717) is 37.7 Å². The number of methoxy groups -OCH3 is 2. The van der Waals surface area contributed by atoms with Crippen molar-refractivity contribution in [3.63, 3.8) is 0 Å². The van der Waals surface area contributed by atoms with Crippen molar-refractivity contribution in [1.82, 2.24) is 14.3 Å². The van der Waals surface area contributed by atoms with Crippen molar-refractivity contribution in [2.24, 2.45) is 0 Å². The summed E-state index contributed by atoms with van der Waals surface area (Å²) in [5.74, 6) is 2.41. The first-order valence-electron chi connectivity index (χ1n) is 10.5. The maximum atomic E-state index is 13.3. The van der Waals surface area contributed by atoms with E-state index < -0.39 is 10.0 Å². The molecule has 10 heteroatoms. The molecule has 2 aromatic rings. The molecule has 1 aromatic carbocycles. The predicted molar refractivity (Wildman–Crippen MR) is 119 cm³/mol. The number of aryl methyl sites for hydroxylation is 1. The van der Waals surface area contributed by atoms with Gasteiger partial charge in [0.1, 0.15) is 22.2 Å². The first-order valence-corrected chi connectivity index (χ1v) is 11.9. The fourth-order valence-electron chi connectivity index (χ4n) is 4.04. The molecule has 0 aliphatic carbocycles. The van der Waals surface area contributed by atoms with Gasteiger partial charge in [-0.15, -0.1) is 0 Å². The fraction of sp³-hybridized carbons (Fsp3) is 0.524. The van der Waals surface area contributed by atoms with Crippen molar-refractivity contribution in [3.05, 3.63) is 30.0 Å². The van der Waals surface area contributed by atoms with Crippen molar-refractivity contribution in [1.29, 1.82) is 0 Å². The van der Waals surface area contributed by atoms with Crippen LogP contribution in [0, 0.1) is 6.92 Å². The second-order valence-electron chi connectivity index (χ2n) is 7.77. The van der Waals surface area contributed by atoms with Crippen LogP contribution in [-0.4, -0.2) is 76.2 Å². The number of rotatable bonds is 6. The molecule has 0 radical (unpaired) electrons. The minimum atomic E-state index is -3.71. The van der Waals surface area contributed by atoms with Crippen molar-refractivity contribution in [2.45, 2.75) is 24.7 Å². The number of anilines is 2. The molecule has 0 atom stereocenters. The standard InChI is InChI=1S/C21H29N5O4S/c1-16-14-20(23-21(22-16)25-8-4-5-9-25)24-10-12-26(13-11-24)31(27,28)19-15-17(29-2)6-7-18(19)30-3/h6-7,14-15H,4-5,8-13H2,1-3H3. The summed E-state index contributed by atoms with van der Waals surface area (Å²) in [6.07, 6.45) is 2.33. The van der Waals surface area contributed by atoms with Gasteiger partial charge in [-0.1, -0.05) is 0 Å². The Morgan fingerprint density at radius 3 is 2.23 bits per heavy atom. The zero-order valence-corrected chi connectivity index (χ0v) is 19.1. The van der Waals surface area contributed by atoms with Crippen molar-refractivity contribution >= 4 is 21.8 Å². The van der Waals surface area contributed by atoms with Crippen molar-refractivity contribution in [3.8, 4) is 11.5 Å². The number of benzene rings is 1. The number of piperazine rings is 1. The molecule has 0 amide bonds. The Balaban J connectivity index is 1.51. The number of hydrogen-bond donors (Lipinski definition) is 0. The zero-order valence-electron chi connectivity index (χ0n) is 18.2. The molecule has 2 fully saturated rings. The maximum absolute atomic E-state index is 13.3. The van der Waals surface area contributed by atoms with Crippen LogP contribution in [0.1, 0.15) is 18.5 Å². The van der Waals surface area contributed by atoms with E-state index in [1.54, 1.807) is 12.1 Å². The van der Waals surface area contributed by atoms with E-state index in [4.69, 9.17) is 14.5 Å². The Hall–Kier alpha value is -2.59. The van der Waals surface area contributed by atoms with Crippen LogP contribution >= 0.6 is 0 Å². The van der Waals surface area contributed by atoms with E-state index in [0.717, 1.165) is 43.4 Å². The SMILES string of the molecule is COc1ccc(OC)c(S(=O)(=O)N2CCN(c3cc(C)nc(N4CCCC4)n3)CC2)c1. The van der Waals surface area contributed by atoms with E-state index in [1.165, 1.54) is 24.6 Å². The molecule has 2 aliphatic heterocycles. The molecule has 0 bridgehead atoms. The van der Waals surface area contributed by atoms with E-state index >= 15 is 0 Å². The highest BCUT2D eigenvalue weighted by Crippen LogP contribution is 2.31. The van der Waals surface area contributed by atoms with Gasteiger partial charge in [-0.3, -0.25) is 0 Å². The third kappa shape index (κ3) is 4.40. The Kier molecular flexibility index (Phi) is 6.19. The molecule has 9 nitrogen and oxygen atoms in total. The minimum Gasteiger partial charge on any atom is -0.497 e. The quantitative estimate of drug-likeness (QED) is 0.664. The lowest BCUT2D eigenvalue weighted by Crippen LogP contribution is -2.49. The van der Waals surface area contributed by atoms with E-state index in [-0.39, 0.29) is 4.90 Å². The normalized spacial score (nSPS) is 17.8. The molecule has 0 saturated carbocycles. The Morgan fingerprint density at radius 1 is 0.871 bits per heavy atom. The van der Waals surface area contributed by atoms with E-state index in [9.17, 15) is 8.42 Å². The highest BCUT2D eigenvalue weighted by atomic mass is 32.2. The molecular formula is C21H29N5O4S. The first-order chi connectivity index (χ1) is 14.9. The van der Waals surface area contributed by atoms with Crippen LogP contribution in [0.3, 0.4) is 0 Å². The van der Waals surface area contributed by atoms with Crippen LogP contribution in [0.15, 0.2) is 29.2 Å². The number of nitrogens with zero attached hydrogens (tertiary/aromatic N) is 5. The van der Waals surface area contributed by atoms with E-state index in [2.05, 4.69) is 14.8 Å². The molecule has 3 heterocycles. The Bertz CT molecular complexity index is 1030. The third-order valence-electron chi connectivity index (χ3n) is 5.77. The Labute approximate surface area is 183 Å². The van der Waals surface area contributed by atoms with Gasteiger partial charge in [0.15, 0.2) is 0 Å². The number of hydrogen-bond acceptors (Lipinski definition) is 8. The summed E-state index contributed by atoms with van der Waals surface area (Å²) in [6, 6.07) is 6.78. The molecule has 2 aliphatic rings. The highest BCUT2D eigenvalue weighted by Gasteiger charge is 2.32. The monoisotopic (exact) mass is 447 g/mol. The summed E-state index contributed by atoms with van der Waals surface area (Å²) < 4.78 is 38.6. The lowest BCUT2D eigenvalue weighted by atomic mass is 10.3. The lowest BCUT2D eigenvalue weighted by Gasteiger charge is -2.35. The molecule has 0 N–H and O–H groups in total. The summed E-state index contributed by atoms with van der Waals surface area (Å²) in [7, 11) is -0.734. The van der Waals surface area contributed by atoms with Crippen molar-refractivity contribution in [2.75, 3.05) is 63.3 Å². The summed E-state index contributed by atoms with van der Waals surface area (Å²) >= 11 is 0. The molecule has 1 aromatic heterocycles. The van der Waals surface area contributed by atoms with Gasteiger partial charge in [0, 0.05) is 57.1 Å². The minimum absolute atomic E-state index is 0.122. The molecular weight excluding hydrogens is 418 g/mol. The predicted octanol–water partition coefficient (Wildman–Crippen LogP) is 1.91. The molecule has 4 rings (SSSR count). The topological polar surface area (TPSA) is 88.1 Å². The summed E-state index contributed by atoms with van der Waals surface area (Å²) in [6.45, 7) is 5.79. The van der Waals surface area contributed by atoms with Crippen molar-refractivity contribution < 1.29 is 17.9 Å². The van der Waals surface area contributed by atoms with Gasteiger partial charge in [-0.2, -0.15) is 9.29 Å². The van der Waals surface area contributed by atoms with Gasteiger partial charge >= 0.3 is 0 Å². The maximum Gasteiger partial charge on any atom is 0.247 e. The van der Waals surface area contributed by atoms with Gasteiger partial charge in [-0.05, 0) is 31.9 Å². The van der Waals surface area contributed by atoms with Crippen LogP contribution in [-0.2, 0) is 10.0 Å². The Morgan fingerprint density at radius 2 is 1.58 bits per heavy atom. The van der Waals surface area contributed by atoms with Gasteiger partial charge < -0.3 is 19.3 Å². The second kappa shape index (κ2) is 8.88. The third-order valence-corrected chi connectivity index (χ3v) is 7.69. The summed E-state index contributed by atoms with van der Waals surface area (Å²) in [5, 5.41) is 0. The molecule has 2 saturated heterocycles. The fourth-order valence-corrected chi connectivity index (χ4v) is 5.63. The lowest BCUT2D eigenvalue weighted by molar-refractivity contribution is 0.370. The number of aromatic nitrogens is 2. The van der Waals surface area contributed by atoms with Gasteiger partial charge in [0.2, 0.25) is 16.0 Å². The first kappa shape index (κ1) is 21.6. The van der Waals surface area contributed by atoms with Crippen LogP contribution in [0.4, 0.5) is 11.8 Å². The van der Waals surface area contributed by atoms with Gasteiger partial charge in [-0.25, -0.2) is 13.4 Å². The van der Waals surface area contributed by atoms with Gasteiger partial charge in [0.05, 0.1) is 14.2 Å². The summed E-state index contributed by atoms with van der Waals surface area (Å²) in [5.41, 5.74) is 0.920. The second-order valence-corrected chi connectivity index (χ2v) is 9.68. The molecule has 31 heavy (non-hydrogen) atoms. The largest absolute Gasteiger partial charge is 0.497 e. The number of sulfonamides is 1. The highest BCUT2D eigenvalue weighted by molar-refractivity contribution is 7.89. The van der Waals surface area contributed by atoms with Crippen LogP contribution in [0.2, 0.25) is 0 Å². The van der Waals surface area contributed by atoms with Gasteiger partial charge in [0.25, 0.3) is 0 Å². The van der Waals surface area contributed by atoms with Crippen LogP contribution in [0.5, 0.6) is 11.5 Å². The average Bonchev–Trinajstić information content (AvgIpc) is 3.33. The number of ether oxygens (including phenoxy) is 2. The average molecular weight is 448 g/mol. The van der Waals surface area contributed by atoms with E-state index in [1.807, 2.05) is 13.0 Å². The smallest absolute Gasteiger partial charge is 0.247 e. The zero-order chi connectivity index (χ0) is 22.0. The molecule has 168 valence electrons. The summed E-state index contributed by atoms with van der Waals surface area (Å²) in [4.78, 5) is 13.8. The molecule has 0 unspecified atom stereocenters.